The number of halogens is 3. The number of rotatable bonds is 4. The van der Waals surface area contributed by atoms with Crippen LogP contribution in [0.15, 0.2) is 30.3 Å². The molecule has 3 heterocycles. The third kappa shape index (κ3) is 4.20. The summed E-state index contributed by atoms with van der Waals surface area (Å²) in [4.78, 5) is 19.3. The van der Waals surface area contributed by atoms with Crippen molar-refractivity contribution in [2.24, 2.45) is 0 Å². The summed E-state index contributed by atoms with van der Waals surface area (Å²) < 4.78 is 26.1. The highest BCUT2D eigenvalue weighted by atomic mass is 35.5. The average molecular weight is 489 g/mol. The van der Waals surface area contributed by atoms with Crippen LogP contribution in [-0.2, 0) is 10.9 Å². The van der Waals surface area contributed by atoms with Gasteiger partial charge in [-0.2, -0.15) is 5.10 Å². The molecule has 12 heteroatoms. The number of carbonyl (C=O) groups excluding carboxylic acids is 1. The Morgan fingerprint density at radius 3 is 2.70 bits per heavy atom. The lowest BCUT2D eigenvalue weighted by atomic mass is 9.98. The molecule has 1 aromatic carbocycles. The van der Waals surface area contributed by atoms with Crippen LogP contribution < -0.4 is 4.72 Å². The standard InChI is InChI=1S/C18H16Cl3N5O3S/c19-10-4-5-12(24-30(28)29)11(7-10)18(27)25-6-2-1-3-14(25)13-8-17-22-15(20)9-16(21)26(17)23-13/h4-5,7-9,14,30H,1-3,6H2,(H,24,28,29)/t14-/m0/s1. The molecule has 0 aliphatic carbocycles. The zero-order chi connectivity index (χ0) is 21.4. The lowest BCUT2D eigenvalue weighted by Crippen LogP contribution is -2.39. The number of thiol groups is 1. The predicted octanol–water partition coefficient (Wildman–Crippen LogP) is 4.00. The Kier molecular flexibility index (Phi) is 6.06. The van der Waals surface area contributed by atoms with E-state index in [1.807, 2.05) is 0 Å². The molecular weight excluding hydrogens is 473 g/mol. The van der Waals surface area contributed by atoms with Crippen LogP contribution in [-0.4, -0.2) is 40.4 Å². The van der Waals surface area contributed by atoms with Crippen LogP contribution in [0.5, 0.6) is 0 Å². The van der Waals surface area contributed by atoms with Crippen molar-refractivity contribution in [1.29, 1.82) is 0 Å². The van der Waals surface area contributed by atoms with Gasteiger partial charge in [0.2, 0.25) is 10.9 Å². The van der Waals surface area contributed by atoms with Crippen LogP contribution in [0.3, 0.4) is 0 Å². The van der Waals surface area contributed by atoms with Crippen LogP contribution >= 0.6 is 34.8 Å². The van der Waals surface area contributed by atoms with Crippen molar-refractivity contribution in [2.75, 3.05) is 11.3 Å². The minimum absolute atomic E-state index is 0.177. The van der Waals surface area contributed by atoms with Gasteiger partial charge < -0.3 is 4.90 Å². The van der Waals surface area contributed by atoms with E-state index in [2.05, 4.69) is 14.8 Å². The number of benzene rings is 1. The number of amides is 1. The maximum Gasteiger partial charge on any atom is 0.256 e. The third-order valence-corrected chi connectivity index (χ3v) is 6.02. The normalized spacial score (nSPS) is 16.9. The summed E-state index contributed by atoms with van der Waals surface area (Å²) in [7, 11) is -2.94. The van der Waals surface area contributed by atoms with Gasteiger partial charge in [-0.25, -0.2) is 17.9 Å². The third-order valence-electron chi connectivity index (χ3n) is 4.90. The number of nitrogens with zero attached hydrogens (tertiary/aromatic N) is 4. The lowest BCUT2D eigenvalue weighted by Gasteiger charge is -2.35. The fourth-order valence-corrected chi connectivity index (χ4v) is 4.65. The number of hydrogen-bond donors (Lipinski definition) is 2. The van der Waals surface area contributed by atoms with Crippen molar-refractivity contribution < 1.29 is 13.2 Å². The van der Waals surface area contributed by atoms with Crippen molar-refractivity contribution in [3.63, 3.8) is 0 Å². The van der Waals surface area contributed by atoms with Crippen molar-refractivity contribution in [3.05, 3.63) is 56.9 Å². The first-order valence-electron chi connectivity index (χ1n) is 9.07. The lowest BCUT2D eigenvalue weighted by molar-refractivity contribution is 0.0607. The second-order valence-electron chi connectivity index (χ2n) is 6.81. The molecule has 1 atom stereocenters. The Hall–Kier alpha value is -2.07. The second-order valence-corrected chi connectivity index (χ2v) is 8.76. The van der Waals surface area contributed by atoms with E-state index in [9.17, 15) is 13.2 Å². The number of nitrogens with one attached hydrogen (secondary N) is 1. The van der Waals surface area contributed by atoms with Gasteiger partial charge in [0, 0.05) is 23.7 Å². The molecule has 1 N–H and O–H groups in total. The van der Waals surface area contributed by atoms with Crippen LogP contribution in [0, 0.1) is 0 Å². The van der Waals surface area contributed by atoms with Crippen molar-refractivity contribution in [1.82, 2.24) is 19.5 Å². The summed E-state index contributed by atoms with van der Waals surface area (Å²) in [6.45, 7) is 0.495. The number of hydrogen-bond acceptors (Lipinski definition) is 5. The van der Waals surface area contributed by atoms with Crippen LogP contribution in [0.2, 0.25) is 15.3 Å². The molecule has 0 saturated carbocycles. The van der Waals surface area contributed by atoms with Gasteiger partial charge in [0.1, 0.15) is 10.3 Å². The maximum atomic E-state index is 13.4. The molecule has 1 aliphatic heterocycles. The number of likely N-dealkylation sites (tertiary alicyclic amines) is 1. The molecule has 158 valence electrons. The monoisotopic (exact) mass is 487 g/mol. The maximum absolute atomic E-state index is 13.4. The molecule has 8 nitrogen and oxygen atoms in total. The Morgan fingerprint density at radius 1 is 1.13 bits per heavy atom. The first kappa shape index (κ1) is 21.2. The summed E-state index contributed by atoms with van der Waals surface area (Å²) in [5.41, 5.74) is 1.47. The number of carbonyl (C=O) groups is 1. The summed E-state index contributed by atoms with van der Waals surface area (Å²) >= 11 is 18.3. The first-order chi connectivity index (χ1) is 14.3. The molecule has 0 spiro atoms. The largest absolute Gasteiger partial charge is 0.330 e. The number of anilines is 1. The van der Waals surface area contributed by atoms with Gasteiger partial charge in [-0.05, 0) is 37.5 Å². The summed E-state index contributed by atoms with van der Waals surface area (Å²) in [5.74, 6) is -0.337. The molecule has 1 fully saturated rings. The highest BCUT2D eigenvalue weighted by Gasteiger charge is 2.32. The van der Waals surface area contributed by atoms with Crippen LogP contribution in [0.25, 0.3) is 5.65 Å². The molecule has 1 saturated heterocycles. The molecule has 30 heavy (non-hydrogen) atoms. The van der Waals surface area contributed by atoms with Gasteiger partial charge in [-0.3, -0.25) is 9.52 Å². The van der Waals surface area contributed by atoms with E-state index < -0.39 is 10.9 Å². The molecule has 2 aromatic heterocycles. The summed E-state index contributed by atoms with van der Waals surface area (Å²) in [6.07, 6.45) is 2.43. The van der Waals surface area contributed by atoms with E-state index in [4.69, 9.17) is 34.8 Å². The molecule has 3 aromatic rings. The molecule has 0 bridgehead atoms. The SMILES string of the molecule is O=C(c1cc(Cl)ccc1N[SH](=O)=O)N1CCCC[C@H]1c1cc2nc(Cl)cc(Cl)n2n1. The topological polar surface area (TPSA) is 96.7 Å². The van der Waals surface area contributed by atoms with Gasteiger partial charge in [0.25, 0.3) is 5.91 Å². The number of aromatic nitrogens is 3. The Morgan fingerprint density at radius 2 is 1.93 bits per heavy atom. The first-order valence-corrected chi connectivity index (χ1v) is 11.4. The van der Waals surface area contributed by atoms with E-state index >= 15 is 0 Å². The molecule has 4 rings (SSSR count). The zero-order valence-electron chi connectivity index (χ0n) is 15.4. The number of fused-ring (bicyclic) bond motifs is 1. The van der Waals surface area contributed by atoms with Gasteiger partial charge >= 0.3 is 0 Å². The van der Waals surface area contributed by atoms with Crippen molar-refractivity contribution in [3.8, 4) is 0 Å². The fraction of sp³-hybridized carbons (Fsp3) is 0.278. The Bertz CT molecular complexity index is 1210. The van der Waals surface area contributed by atoms with E-state index in [1.165, 1.54) is 28.8 Å². The quantitative estimate of drug-likeness (QED) is 0.427. The van der Waals surface area contributed by atoms with Crippen molar-refractivity contribution in [2.45, 2.75) is 25.3 Å². The molecule has 0 radical (unpaired) electrons. The van der Waals surface area contributed by atoms with Gasteiger partial charge in [-0.15, -0.1) is 0 Å². The molecule has 0 unspecified atom stereocenters. The highest BCUT2D eigenvalue weighted by molar-refractivity contribution is 7.73. The van der Waals surface area contributed by atoms with Crippen molar-refractivity contribution >= 4 is 62.9 Å². The number of piperidine rings is 1. The minimum atomic E-state index is -2.94. The minimum Gasteiger partial charge on any atom is -0.330 e. The molecular formula is C18H16Cl3N5O3S. The second kappa shape index (κ2) is 8.58. The van der Waals surface area contributed by atoms with Gasteiger partial charge in [0.05, 0.1) is 23.0 Å². The predicted molar refractivity (Wildman–Crippen MR) is 116 cm³/mol. The van der Waals surface area contributed by atoms with Gasteiger partial charge in [0.15, 0.2) is 5.65 Å². The molecule has 1 aliphatic rings. The fourth-order valence-electron chi connectivity index (χ4n) is 3.62. The summed E-state index contributed by atoms with van der Waals surface area (Å²) in [5, 5.41) is 5.41. The van der Waals surface area contributed by atoms with Gasteiger partial charge in [-0.1, -0.05) is 34.8 Å². The van der Waals surface area contributed by atoms with E-state index in [-0.39, 0.29) is 28.4 Å². The molecule has 1 amide bonds. The van der Waals surface area contributed by atoms with Crippen LogP contribution in [0.4, 0.5) is 5.69 Å². The summed E-state index contributed by atoms with van der Waals surface area (Å²) in [6, 6.07) is 7.36. The van der Waals surface area contributed by atoms with E-state index in [1.54, 1.807) is 11.0 Å². The smallest absolute Gasteiger partial charge is 0.256 e. The van der Waals surface area contributed by atoms with E-state index in [0.717, 1.165) is 12.8 Å². The average Bonchev–Trinajstić information content (AvgIpc) is 3.13. The Balaban J connectivity index is 1.74. The van der Waals surface area contributed by atoms with E-state index in [0.29, 0.717) is 34.5 Å². The van der Waals surface area contributed by atoms with Crippen LogP contribution in [0.1, 0.15) is 41.4 Å². The highest BCUT2D eigenvalue weighted by Crippen LogP contribution is 2.34. The Labute approximate surface area is 188 Å². The zero-order valence-corrected chi connectivity index (χ0v) is 18.5.